The third-order valence-electron chi connectivity index (χ3n) is 6.00. The number of rotatable bonds is 6. The van der Waals surface area contributed by atoms with Crippen molar-refractivity contribution in [3.8, 4) is 28.9 Å². The lowest BCUT2D eigenvalue weighted by Crippen LogP contribution is -2.26. The number of pyridine rings is 1. The van der Waals surface area contributed by atoms with Crippen LogP contribution in [0.2, 0.25) is 0 Å². The Hall–Kier alpha value is -5.30. The molecule has 2 aromatic carbocycles. The first kappa shape index (κ1) is 23.4. The van der Waals surface area contributed by atoms with Crippen LogP contribution >= 0.6 is 0 Å². The number of aromatic nitrogens is 5. The zero-order valence-electron chi connectivity index (χ0n) is 20.1. The molecule has 3 N–H and O–H groups in total. The molecular weight excluding hydrogens is 468 g/mol. The Labute approximate surface area is 212 Å². The molecule has 0 amide bonds. The van der Waals surface area contributed by atoms with Gasteiger partial charge in [0.1, 0.15) is 29.6 Å². The third-order valence-corrected chi connectivity index (χ3v) is 6.00. The summed E-state index contributed by atoms with van der Waals surface area (Å²) in [6.45, 7) is 1.89. The SMILES string of the molecule is COc1ncc(-c2cccc3cc([C@H](C)Nc4ncnc(N)c4C#N)n(-c4ccccc4)c(=O)c23)cn1. The summed E-state index contributed by atoms with van der Waals surface area (Å²) in [5, 5.41) is 14.1. The topological polar surface area (TPSA) is 145 Å². The molecule has 3 heterocycles. The minimum atomic E-state index is -0.424. The lowest BCUT2D eigenvalue weighted by Gasteiger charge is -2.22. The van der Waals surface area contributed by atoms with E-state index in [2.05, 4.69) is 25.3 Å². The molecule has 0 fully saturated rings. The van der Waals surface area contributed by atoms with Crippen LogP contribution in [-0.4, -0.2) is 31.6 Å². The number of methoxy groups -OCH3 is 1. The molecule has 10 heteroatoms. The fourth-order valence-corrected chi connectivity index (χ4v) is 4.24. The van der Waals surface area contributed by atoms with Crippen LogP contribution in [0.4, 0.5) is 11.6 Å². The molecule has 0 bridgehead atoms. The molecule has 0 radical (unpaired) electrons. The van der Waals surface area contributed by atoms with E-state index in [0.717, 1.165) is 5.39 Å². The standard InChI is InChI=1S/C27H22N8O2/c1-16(34-25-21(12-28)24(29)32-15-33-25)22-11-17-7-6-10-20(18-13-30-27(37-2)31-14-18)23(17)26(36)35(22)19-8-4-3-5-9-19/h3-11,13-16H,1-2H3,(H3,29,32,33,34)/t16-/m0/s1. The minimum absolute atomic E-state index is 0.0810. The van der Waals surface area contributed by atoms with Crippen molar-refractivity contribution in [2.45, 2.75) is 13.0 Å². The van der Waals surface area contributed by atoms with Gasteiger partial charge in [0.15, 0.2) is 0 Å². The Kier molecular flexibility index (Phi) is 6.18. The van der Waals surface area contributed by atoms with E-state index in [1.807, 2.05) is 67.6 Å². The molecule has 0 spiro atoms. The van der Waals surface area contributed by atoms with Crippen molar-refractivity contribution in [1.82, 2.24) is 24.5 Å². The van der Waals surface area contributed by atoms with E-state index in [1.54, 1.807) is 17.0 Å². The smallest absolute Gasteiger partial charge is 0.316 e. The molecule has 0 saturated heterocycles. The van der Waals surface area contributed by atoms with E-state index in [1.165, 1.54) is 13.4 Å². The third kappa shape index (κ3) is 4.30. The highest BCUT2D eigenvalue weighted by Crippen LogP contribution is 2.30. The summed E-state index contributed by atoms with van der Waals surface area (Å²) in [6.07, 6.45) is 4.56. The van der Waals surface area contributed by atoms with Gasteiger partial charge in [0, 0.05) is 29.3 Å². The molecule has 5 rings (SSSR count). The number of fused-ring (bicyclic) bond motifs is 1. The van der Waals surface area contributed by atoms with Gasteiger partial charge in [-0.25, -0.2) is 19.9 Å². The summed E-state index contributed by atoms with van der Waals surface area (Å²) in [7, 11) is 1.50. The second-order valence-electron chi connectivity index (χ2n) is 8.23. The van der Waals surface area contributed by atoms with E-state index in [-0.39, 0.29) is 23.0 Å². The van der Waals surface area contributed by atoms with Gasteiger partial charge >= 0.3 is 6.01 Å². The Morgan fingerprint density at radius 3 is 2.51 bits per heavy atom. The summed E-state index contributed by atoms with van der Waals surface area (Å²) in [4.78, 5) is 30.7. The Morgan fingerprint density at radius 2 is 1.81 bits per heavy atom. The van der Waals surface area contributed by atoms with E-state index in [9.17, 15) is 10.1 Å². The predicted molar refractivity (Wildman–Crippen MR) is 140 cm³/mol. The molecule has 0 aliphatic rings. The fraction of sp³-hybridized carbons (Fsp3) is 0.111. The van der Waals surface area contributed by atoms with Crippen LogP contribution in [0.5, 0.6) is 6.01 Å². The Balaban J connectivity index is 1.73. The van der Waals surface area contributed by atoms with Crippen molar-refractivity contribution in [2.24, 2.45) is 0 Å². The van der Waals surface area contributed by atoms with E-state index < -0.39 is 6.04 Å². The number of nitrogens with one attached hydrogen (secondary N) is 1. The van der Waals surface area contributed by atoms with Crippen molar-refractivity contribution in [3.05, 3.63) is 94.9 Å². The lowest BCUT2D eigenvalue weighted by molar-refractivity contribution is 0.380. The average molecular weight is 491 g/mol. The van der Waals surface area contributed by atoms with Crippen LogP contribution in [0, 0.1) is 11.3 Å². The maximum absolute atomic E-state index is 14.2. The number of hydrogen-bond donors (Lipinski definition) is 2. The van der Waals surface area contributed by atoms with E-state index in [4.69, 9.17) is 10.5 Å². The number of hydrogen-bond acceptors (Lipinski definition) is 9. The number of ether oxygens (including phenoxy) is 1. The second kappa shape index (κ2) is 9.75. The summed E-state index contributed by atoms with van der Waals surface area (Å²) >= 11 is 0. The molecule has 0 aliphatic carbocycles. The molecule has 0 saturated carbocycles. The number of nitrogen functional groups attached to an aromatic ring is 1. The number of para-hydroxylation sites is 1. The van der Waals surface area contributed by atoms with Crippen molar-refractivity contribution in [2.75, 3.05) is 18.2 Å². The first-order valence-electron chi connectivity index (χ1n) is 11.4. The van der Waals surface area contributed by atoms with Crippen LogP contribution in [0.1, 0.15) is 24.2 Å². The van der Waals surface area contributed by atoms with E-state index in [0.29, 0.717) is 33.7 Å². The maximum Gasteiger partial charge on any atom is 0.316 e. The molecule has 37 heavy (non-hydrogen) atoms. The lowest BCUT2D eigenvalue weighted by atomic mass is 9.99. The Morgan fingerprint density at radius 1 is 1.05 bits per heavy atom. The Bertz CT molecular complexity index is 1690. The summed E-state index contributed by atoms with van der Waals surface area (Å²) in [5.41, 5.74) is 8.57. The van der Waals surface area contributed by atoms with Gasteiger partial charge in [-0.2, -0.15) is 5.26 Å². The van der Waals surface area contributed by atoms with Gasteiger partial charge in [0.25, 0.3) is 5.56 Å². The van der Waals surface area contributed by atoms with Crippen molar-refractivity contribution in [1.29, 1.82) is 5.26 Å². The van der Waals surface area contributed by atoms with Crippen molar-refractivity contribution in [3.63, 3.8) is 0 Å². The average Bonchev–Trinajstić information content (AvgIpc) is 2.93. The van der Waals surface area contributed by atoms with Gasteiger partial charge in [0.05, 0.1) is 18.5 Å². The zero-order valence-corrected chi connectivity index (χ0v) is 20.1. The second-order valence-corrected chi connectivity index (χ2v) is 8.23. The highest BCUT2D eigenvalue weighted by atomic mass is 16.5. The molecule has 10 nitrogen and oxygen atoms in total. The molecule has 5 aromatic rings. The van der Waals surface area contributed by atoms with Crippen LogP contribution < -0.4 is 21.3 Å². The molecule has 0 aliphatic heterocycles. The van der Waals surface area contributed by atoms with Crippen LogP contribution in [0.3, 0.4) is 0 Å². The number of anilines is 2. The highest BCUT2D eigenvalue weighted by Gasteiger charge is 2.20. The van der Waals surface area contributed by atoms with Crippen molar-refractivity contribution < 1.29 is 4.74 Å². The summed E-state index contributed by atoms with van der Waals surface area (Å²) in [6, 6.07) is 18.8. The predicted octanol–water partition coefficient (Wildman–Crippen LogP) is 3.87. The number of nitriles is 1. The summed E-state index contributed by atoms with van der Waals surface area (Å²) in [5.74, 6) is 0.372. The quantitative estimate of drug-likeness (QED) is 0.362. The molecule has 3 aromatic heterocycles. The van der Waals surface area contributed by atoms with Gasteiger partial charge in [-0.15, -0.1) is 0 Å². The van der Waals surface area contributed by atoms with Gasteiger partial charge in [-0.3, -0.25) is 9.36 Å². The van der Waals surface area contributed by atoms with Gasteiger partial charge in [-0.05, 0) is 36.1 Å². The van der Waals surface area contributed by atoms with Crippen molar-refractivity contribution >= 4 is 22.4 Å². The molecular formula is C27H22N8O2. The fourth-order valence-electron chi connectivity index (χ4n) is 4.24. The first-order valence-corrected chi connectivity index (χ1v) is 11.4. The van der Waals surface area contributed by atoms with Gasteiger partial charge in [-0.1, -0.05) is 36.4 Å². The largest absolute Gasteiger partial charge is 0.467 e. The number of benzene rings is 2. The molecule has 0 unspecified atom stereocenters. The molecule has 182 valence electrons. The monoisotopic (exact) mass is 490 g/mol. The van der Waals surface area contributed by atoms with Crippen LogP contribution in [0.15, 0.2) is 78.1 Å². The van der Waals surface area contributed by atoms with Gasteiger partial charge < -0.3 is 15.8 Å². The number of nitrogens with zero attached hydrogens (tertiary/aromatic N) is 6. The highest BCUT2D eigenvalue weighted by molar-refractivity contribution is 5.96. The minimum Gasteiger partial charge on any atom is -0.467 e. The van der Waals surface area contributed by atoms with E-state index >= 15 is 0 Å². The summed E-state index contributed by atoms with van der Waals surface area (Å²) < 4.78 is 6.73. The first-order chi connectivity index (χ1) is 18.0. The molecule has 1 atom stereocenters. The maximum atomic E-state index is 14.2. The van der Waals surface area contributed by atoms with Gasteiger partial charge in [0.2, 0.25) is 0 Å². The van der Waals surface area contributed by atoms with Crippen LogP contribution in [-0.2, 0) is 0 Å². The normalized spacial score (nSPS) is 11.6. The number of nitrogens with two attached hydrogens (primary N) is 1. The zero-order chi connectivity index (χ0) is 25.9. The van der Waals surface area contributed by atoms with Crippen LogP contribution in [0.25, 0.3) is 27.6 Å².